The van der Waals surface area contributed by atoms with Gasteiger partial charge in [0.1, 0.15) is 6.54 Å². The van der Waals surface area contributed by atoms with Gasteiger partial charge in [-0.15, -0.1) is 10.2 Å². The Morgan fingerprint density at radius 3 is 2.59 bits per heavy atom. The lowest BCUT2D eigenvalue weighted by molar-refractivity contribution is -0.114. The summed E-state index contributed by atoms with van der Waals surface area (Å²) in [5.41, 5.74) is -0.156. The lowest BCUT2D eigenvalue weighted by atomic mass is 10.3. The molecule has 0 fully saturated rings. The Morgan fingerprint density at radius 2 is 2.00 bits per heavy atom. The van der Waals surface area contributed by atoms with Crippen LogP contribution >= 0.6 is 23.1 Å². The van der Waals surface area contributed by atoms with E-state index in [-0.39, 0.29) is 10.8 Å². The van der Waals surface area contributed by atoms with Crippen molar-refractivity contribution in [3.63, 3.8) is 0 Å². The second-order valence-corrected chi connectivity index (χ2v) is 10.1. The predicted molar refractivity (Wildman–Crippen MR) is 103 cm³/mol. The monoisotopic (exact) mass is 436 g/mol. The molecule has 12 heteroatoms. The number of sulfonamides is 1. The van der Waals surface area contributed by atoms with Crippen molar-refractivity contribution in [3.8, 4) is 0 Å². The molecule has 0 unspecified atom stereocenters. The van der Waals surface area contributed by atoms with E-state index in [2.05, 4.69) is 29.4 Å². The van der Waals surface area contributed by atoms with Crippen LogP contribution in [0.25, 0.3) is 0 Å². The lowest BCUT2D eigenvalue weighted by Crippen LogP contribution is -2.37. The lowest BCUT2D eigenvalue weighted by Gasteiger charge is -2.21. The van der Waals surface area contributed by atoms with Gasteiger partial charge in [-0.25, -0.2) is 17.2 Å². The van der Waals surface area contributed by atoms with Crippen molar-refractivity contribution < 1.29 is 22.0 Å². The molecule has 1 aromatic heterocycles. The number of rotatable bonds is 8. The molecule has 0 atom stereocenters. The summed E-state index contributed by atoms with van der Waals surface area (Å²) in [6, 6.07) is 2.59. The largest absolute Gasteiger partial charge is 0.299 e. The van der Waals surface area contributed by atoms with Gasteiger partial charge in [-0.3, -0.25) is 14.4 Å². The zero-order valence-electron chi connectivity index (χ0n) is 14.8. The number of hydrogen-bond donors (Lipinski definition) is 1. The van der Waals surface area contributed by atoms with Crippen LogP contribution < -0.4 is 9.62 Å². The molecule has 27 heavy (non-hydrogen) atoms. The summed E-state index contributed by atoms with van der Waals surface area (Å²) < 4.78 is 51.8. The summed E-state index contributed by atoms with van der Waals surface area (Å²) >= 11 is 2.67. The minimum absolute atomic E-state index is 0.156. The number of thioether (sulfide) groups is 1. The minimum atomic E-state index is -3.90. The Bertz CT molecular complexity index is 919. The molecule has 2 aromatic rings. The fourth-order valence-corrected chi connectivity index (χ4v) is 4.48. The van der Waals surface area contributed by atoms with Crippen molar-refractivity contribution in [1.29, 1.82) is 0 Å². The smallest absolute Gasteiger partial charge is 0.246 e. The molecule has 1 amide bonds. The average Bonchev–Trinajstić information content (AvgIpc) is 3.00. The van der Waals surface area contributed by atoms with Crippen molar-refractivity contribution in [3.05, 3.63) is 29.8 Å². The predicted octanol–water partition coefficient (Wildman–Crippen LogP) is 2.97. The van der Waals surface area contributed by atoms with Crippen molar-refractivity contribution in [1.82, 2.24) is 10.2 Å². The number of carbonyl (C=O) groups is 1. The van der Waals surface area contributed by atoms with Crippen LogP contribution in [0.3, 0.4) is 0 Å². The number of anilines is 2. The first-order valence-corrected chi connectivity index (χ1v) is 11.4. The molecule has 1 heterocycles. The zero-order chi connectivity index (χ0) is 20.2. The van der Waals surface area contributed by atoms with Gasteiger partial charge in [-0.2, -0.15) is 0 Å². The first kappa shape index (κ1) is 21.5. The van der Waals surface area contributed by atoms with Crippen molar-refractivity contribution in [2.45, 2.75) is 18.2 Å². The normalized spacial score (nSPS) is 11.6. The van der Waals surface area contributed by atoms with Gasteiger partial charge >= 0.3 is 0 Å². The molecule has 0 saturated heterocycles. The van der Waals surface area contributed by atoms with Crippen molar-refractivity contribution in [2.75, 3.05) is 28.2 Å². The molecule has 0 radical (unpaired) electrons. The summed E-state index contributed by atoms with van der Waals surface area (Å²) in [6.07, 6.45) is 0.868. The quantitative estimate of drug-likeness (QED) is 0.505. The molecule has 7 nitrogen and oxygen atoms in total. The number of amides is 1. The van der Waals surface area contributed by atoms with Gasteiger partial charge in [-0.05, 0) is 18.1 Å². The Balaban J connectivity index is 2.09. The highest BCUT2D eigenvalue weighted by molar-refractivity contribution is 8.01. The highest BCUT2D eigenvalue weighted by atomic mass is 32.2. The van der Waals surface area contributed by atoms with Crippen molar-refractivity contribution >= 4 is 49.8 Å². The molecular weight excluding hydrogens is 418 g/mol. The molecule has 0 bridgehead atoms. The van der Waals surface area contributed by atoms with Gasteiger partial charge in [-0.1, -0.05) is 36.9 Å². The van der Waals surface area contributed by atoms with Crippen LogP contribution in [0.5, 0.6) is 0 Å². The Labute approximate surface area is 164 Å². The molecule has 0 aliphatic rings. The fraction of sp³-hybridized carbons (Fsp3) is 0.400. The zero-order valence-corrected chi connectivity index (χ0v) is 17.2. The van der Waals surface area contributed by atoms with E-state index >= 15 is 0 Å². The topological polar surface area (TPSA) is 92.3 Å². The third-order valence-corrected chi connectivity index (χ3v) is 6.61. The maximum absolute atomic E-state index is 13.4. The van der Waals surface area contributed by atoms with Gasteiger partial charge in [0.05, 0.1) is 11.9 Å². The highest BCUT2D eigenvalue weighted by Gasteiger charge is 2.22. The van der Waals surface area contributed by atoms with Crippen LogP contribution in [0.4, 0.5) is 19.6 Å². The van der Waals surface area contributed by atoms with E-state index < -0.39 is 34.1 Å². The second-order valence-electron chi connectivity index (χ2n) is 5.99. The van der Waals surface area contributed by atoms with Crippen molar-refractivity contribution in [2.24, 2.45) is 5.92 Å². The summed E-state index contributed by atoms with van der Waals surface area (Å²) in [6.45, 7) is 3.52. The number of nitrogens with one attached hydrogen (secondary N) is 1. The maximum atomic E-state index is 13.4. The average molecular weight is 437 g/mol. The molecule has 1 N–H and O–H groups in total. The number of hydrogen-bond acceptors (Lipinski definition) is 7. The van der Waals surface area contributed by atoms with Gasteiger partial charge in [0, 0.05) is 11.8 Å². The molecule has 1 aromatic carbocycles. The number of halogens is 2. The van der Waals surface area contributed by atoms with E-state index in [1.54, 1.807) is 0 Å². The molecular formula is C15H18F2N4O3S3. The van der Waals surface area contributed by atoms with Crippen LogP contribution in [0.15, 0.2) is 22.5 Å². The van der Waals surface area contributed by atoms with Gasteiger partial charge < -0.3 is 0 Å². The van der Waals surface area contributed by atoms with E-state index in [0.29, 0.717) is 14.6 Å². The van der Waals surface area contributed by atoms with Crippen LogP contribution in [0.1, 0.15) is 13.8 Å². The summed E-state index contributed by atoms with van der Waals surface area (Å²) in [4.78, 5) is 12.2. The molecule has 2 rings (SSSR count). The van der Waals surface area contributed by atoms with E-state index in [9.17, 15) is 22.0 Å². The van der Waals surface area contributed by atoms with Crippen LogP contribution in [0.2, 0.25) is 0 Å². The molecule has 0 spiro atoms. The Morgan fingerprint density at radius 1 is 1.30 bits per heavy atom. The number of carbonyl (C=O) groups excluding carboxylic acids is 1. The Hall–Kier alpha value is -1.79. The number of nitrogens with zero attached hydrogens (tertiary/aromatic N) is 3. The highest BCUT2D eigenvalue weighted by Crippen LogP contribution is 2.27. The van der Waals surface area contributed by atoms with Gasteiger partial charge in [0.2, 0.25) is 21.1 Å². The van der Waals surface area contributed by atoms with E-state index in [4.69, 9.17) is 0 Å². The van der Waals surface area contributed by atoms with E-state index in [1.165, 1.54) is 23.1 Å². The molecule has 148 valence electrons. The van der Waals surface area contributed by atoms with Crippen LogP contribution in [0, 0.1) is 17.6 Å². The van der Waals surface area contributed by atoms with Crippen LogP contribution in [-0.2, 0) is 14.8 Å². The number of benzene rings is 1. The molecule has 0 saturated carbocycles. The van der Waals surface area contributed by atoms with E-state index in [1.807, 2.05) is 0 Å². The third-order valence-electron chi connectivity index (χ3n) is 3.07. The SMILES string of the molecule is CC(C)CSc1nnc(NC(=O)CN(c2ccc(F)c(F)c2)S(C)(=O)=O)s1. The minimum Gasteiger partial charge on any atom is -0.299 e. The molecule has 0 aliphatic carbocycles. The van der Waals surface area contributed by atoms with Gasteiger partial charge in [0.25, 0.3) is 0 Å². The van der Waals surface area contributed by atoms with Crippen LogP contribution in [-0.4, -0.2) is 43.1 Å². The molecule has 0 aliphatic heterocycles. The first-order chi connectivity index (χ1) is 12.6. The first-order valence-electron chi connectivity index (χ1n) is 7.75. The standard InChI is InChI=1S/C15H18F2N4O3S3/c1-9(2)8-25-15-20-19-14(26-15)18-13(22)7-21(27(3,23)24)10-4-5-11(16)12(17)6-10/h4-6,9H,7-8H2,1-3H3,(H,18,19,22). The fourth-order valence-electron chi connectivity index (χ4n) is 1.89. The Kier molecular flexibility index (Phi) is 7.12. The second kappa shape index (κ2) is 8.93. The summed E-state index contributed by atoms with van der Waals surface area (Å²) in [5, 5.41) is 10.5. The maximum Gasteiger partial charge on any atom is 0.246 e. The number of aromatic nitrogens is 2. The summed E-state index contributed by atoms with van der Waals surface area (Å²) in [7, 11) is -3.90. The summed E-state index contributed by atoms with van der Waals surface area (Å²) in [5.74, 6) is -1.69. The van der Waals surface area contributed by atoms with E-state index in [0.717, 1.165) is 30.2 Å². The van der Waals surface area contributed by atoms with Gasteiger partial charge in [0.15, 0.2) is 16.0 Å². The third kappa shape index (κ3) is 6.40.